The predicted molar refractivity (Wildman–Crippen MR) is 128 cm³/mol. The Morgan fingerprint density at radius 1 is 0.939 bits per heavy atom. The number of rotatable bonds is 3. The molecule has 2 fully saturated rings. The van der Waals surface area contributed by atoms with E-state index in [9.17, 15) is 14.4 Å². The van der Waals surface area contributed by atoms with Gasteiger partial charge in [0.2, 0.25) is 11.8 Å². The molecule has 0 unspecified atom stereocenters. The van der Waals surface area contributed by atoms with Crippen LogP contribution in [0.4, 0.5) is 5.69 Å². The number of benzene rings is 1. The highest BCUT2D eigenvalue weighted by Gasteiger charge is 2.39. The average molecular weight is 449 g/mol. The summed E-state index contributed by atoms with van der Waals surface area (Å²) in [6.07, 6.45) is 3.17. The van der Waals surface area contributed by atoms with Crippen molar-refractivity contribution in [1.82, 2.24) is 14.4 Å². The maximum absolute atomic E-state index is 12.8. The fourth-order valence-electron chi connectivity index (χ4n) is 6.08. The Hall–Kier alpha value is -2.93. The molecule has 33 heavy (non-hydrogen) atoms. The first-order valence-electron chi connectivity index (χ1n) is 12.0. The van der Waals surface area contributed by atoms with Crippen LogP contribution in [-0.2, 0) is 16.1 Å². The molecule has 2 amide bonds. The number of anilines is 1. The molecular formula is C26H32N4O3. The lowest BCUT2D eigenvalue weighted by Crippen LogP contribution is -2.53. The Kier molecular flexibility index (Phi) is 5.83. The number of nitrogens with zero attached hydrogens (tertiary/aromatic N) is 3. The van der Waals surface area contributed by atoms with Gasteiger partial charge < -0.3 is 14.8 Å². The van der Waals surface area contributed by atoms with Gasteiger partial charge >= 0.3 is 0 Å². The Morgan fingerprint density at radius 3 is 2.33 bits per heavy atom. The minimum atomic E-state index is -0.0890. The normalized spacial score (nSPS) is 23.2. The van der Waals surface area contributed by atoms with Crippen LogP contribution in [0.2, 0.25) is 0 Å². The van der Waals surface area contributed by atoms with Crippen LogP contribution in [0.25, 0.3) is 11.1 Å². The van der Waals surface area contributed by atoms with Crippen molar-refractivity contribution in [3.63, 3.8) is 0 Å². The Bertz CT molecular complexity index is 1120. The van der Waals surface area contributed by atoms with Gasteiger partial charge in [-0.2, -0.15) is 0 Å². The molecule has 2 bridgehead atoms. The number of aromatic nitrogens is 1. The van der Waals surface area contributed by atoms with Gasteiger partial charge in [0.1, 0.15) is 0 Å². The van der Waals surface area contributed by atoms with Crippen molar-refractivity contribution in [2.24, 2.45) is 5.92 Å². The number of fused-ring (bicyclic) bond motifs is 4. The predicted octanol–water partition coefficient (Wildman–Crippen LogP) is 2.90. The molecule has 0 spiro atoms. The third-order valence-corrected chi connectivity index (χ3v) is 7.56. The van der Waals surface area contributed by atoms with E-state index in [2.05, 4.69) is 10.2 Å². The number of piperidine rings is 2. The maximum atomic E-state index is 12.8. The molecule has 2 atom stereocenters. The van der Waals surface area contributed by atoms with Crippen LogP contribution < -0.4 is 10.9 Å². The third-order valence-electron chi connectivity index (χ3n) is 7.56. The van der Waals surface area contributed by atoms with Crippen molar-refractivity contribution in [1.29, 1.82) is 0 Å². The zero-order chi connectivity index (χ0) is 23.1. The smallest absolute Gasteiger partial charge is 0.250 e. The van der Waals surface area contributed by atoms with Crippen molar-refractivity contribution in [2.75, 3.05) is 31.5 Å². The fourth-order valence-corrected chi connectivity index (χ4v) is 6.08. The van der Waals surface area contributed by atoms with Crippen LogP contribution in [0.3, 0.4) is 0 Å². The standard InChI is InChI=1S/C26H32N4O3/c1-17(31)27-22-5-3-20(4-6-22)24-7-8-25(33)30-15-19-13-21(26(24)30)16-29(14-19)23-9-11-28(12-10-23)18(2)32/h3-8,19,21,23H,9-16H2,1-2H3,(H,27,31)/t19-,21+/m0/s1. The zero-order valence-electron chi connectivity index (χ0n) is 19.4. The van der Waals surface area contributed by atoms with Gasteiger partial charge in [0.05, 0.1) is 0 Å². The zero-order valence-corrected chi connectivity index (χ0v) is 19.4. The van der Waals surface area contributed by atoms with E-state index in [0.29, 0.717) is 17.9 Å². The SMILES string of the molecule is CC(=O)Nc1ccc(-c2ccc(=O)n3c2[C@@H]2C[C@@H](CN(C4CCN(C(C)=O)CC4)C2)C3)cc1. The number of likely N-dealkylation sites (tertiary alicyclic amines) is 2. The first-order chi connectivity index (χ1) is 15.9. The van der Waals surface area contributed by atoms with Gasteiger partial charge in [-0.15, -0.1) is 0 Å². The summed E-state index contributed by atoms with van der Waals surface area (Å²) in [6.45, 7) is 7.60. The minimum Gasteiger partial charge on any atom is -0.343 e. The third kappa shape index (κ3) is 4.34. The van der Waals surface area contributed by atoms with E-state index in [0.717, 1.165) is 74.5 Å². The van der Waals surface area contributed by atoms with Crippen molar-refractivity contribution in [3.8, 4) is 11.1 Å². The van der Waals surface area contributed by atoms with Crippen LogP contribution in [0.1, 0.15) is 44.7 Å². The highest BCUT2D eigenvalue weighted by atomic mass is 16.2. The topological polar surface area (TPSA) is 74.7 Å². The van der Waals surface area contributed by atoms with Crippen LogP contribution >= 0.6 is 0 Å². The molecule has 2 aromatic rings. The van der Waals surface area contributed by atoms with Crippen molar-refractivity contribution in [2.45, 2.75) is 51.6 Å². The molecule has 0 radical (unpaired) electrons. The summed E-state index contributed by atoms with van der Waals surface area (Å²) in [7, 11) is 0. The van der Waals surface area contributed by atoms with Crippen molar-refractivity contribution < 1.29 is 9.59 Å². The molecule has 4 heterocycles. The van der Waals surface area contributed by atoms with Crippen LogP contribution in [-0.4, -0.2) is 58.4 Å². The Morgan fingerprint density at radius 2 is 1.67 bits per heavy atom. The highest BCUT2D eigenvalue weighted by Crippen LogP contribution is 2.41. The molecule has 5 rings (SSSR count). The van der Waals surface area contributed by atoms with E-state index < -0.39 is 0 Å². The number of carbonyl (C=O) groups is 2. The number of nitrogens with one attached hydrogen (secondary N) is 1. The summed E-state index contributed by atoms with van der Waals surface area (Å²) >= 11 is 0. The molecule has 174 valence electrons. The second kappa shape index (κ2) is 8.78. The lowest BCUT2D eigenvalue weighted by Gasteiger charge is -2.48. The van der Waals surface area contributed by atoms with Gasteiger partial charge in [0.25, 0.3) is 5.56 Å². The van der Waals surface area contributed by atoms with Crippen LogP contribution in [0.15, 0.2) is 41.2 Å². The lowest BCUT2D eigenvalue weighted by atomic mass is 9.79. The Labute approximate surface area is 194 Å². The van der Waals surface area contributed by atoms with Gasteiger partial charge in [-0.05, 0) is 48.9 Å². The van der Waals surface area contributed by atoms with E-state index in [1.807, 2.05) is 39.8 Å². The molecule has 7 nitrogen and oxygen atoms in total. The fraction of sp³-hybridized carbons (Fsp3) is 0.500. The molecule has 0 saturated carbocycles. The number of hydrogen-bond acceptors (Lipinski definition) is 4. The second-order valence-corrected chi connectivity index (χ2v) is 9.83. The lowest BCUT2D eigenvalue weighted by molar-refractivity contribution is -0.130. The quantitative estimate of drug-likeness (QED) is 0.784. The van der Waals surface area contributed by atoms with E-state index in [1.54, 1.807) is 13.0 Å². The van der Waals surface area contributed by atoms with Crippen molar-refractivity contribution >= 4 is 17.5 Å². The molecule has 2 saturated heterocycles. The first-order valence-corrected chi connectivity index (χ1v) is 12.0. The number of pyridine rings is 1. The number of carbonyl (C=O) groups excluding carboxylic acids is 2. The van der Waals surface area contributed by atoms with E-state index in [1.165, 1.54) is 6.92 Å². The molecule has 1 N–H and O–H groups in total. The second-order valence-electron chi connectivity index (χ2n) is 9.83. The van der Waals surface area contributed by atoms with Gasteiger partial charge in [0.15, 0.2) is 0 Å². The number of amides is 2. The highest BCUT2D eigenvalue weighted by molar-refractivity contribution is 5.89. The molecule has 1 aromatic heterocycles. The summed E-state index contributed by atoms with van der Waals surface area (Å²) in [5.74, 6) is 0.889. The van der Waals surface area contributed by atoms with Gasteiger partial charge in [-0.1, -0.05) is 12.1 Å². The summed E-state index contributed by atoms with van der Waals surface area (Å²) < 4.78 is 2.01. The molecule has 3 aliphatic rings. The van der Waals surface area contributed by atoms with Crippen LogP contribution in [0, 0.1) is 5.92 Å². The van der Waals surface area contributed by atoms with Crippen molar-refractivity contribution in [3.05, 3.63) is 52.4 Å². The summed E-state index contributed by atoms with van der Waals surface area (Å²) in [5.41, 5.74) is 4.19. The number of hydrogen-bond donors (Lipinski definition) is 1. The maximum Gasteiger partial charge on any atom is 0.250 e. The monoisotopic (exact) mass is 448 g/mol. The van der Waals surface area contributed by atoms with Crippen LogP contribution in [0.5, 0.6) is 0 Å². The molecule has 1 aromatic carbocycles. The molecule has 7 heteroatoms. The summed E-state index contributed by atoms with van der Waals surface area (Å²) in [6, 6.07) is 12.0. The summed E-state index contributed by atoms with van der Waals surface area (Å²) in [5, 5.41) is 2.82. The molecule has 3 aliphatic heterocycles. The average Bonchev–Trinajstić information content (AvgIpc) is 2.80. The van der Waals surface area contributed by atoms with E-state index in [4.69, 9.17) is 0 Å². The molecular weight excluding hydrogens is 416 g/mol. The van der Waals surface area contributed by atoms with Gasteiger partial charge in [-0.25, -0.2) is 0 Å². The van der Waals surface area contributed by atoms with Gasteiger partial charge in [0, 0.05) is 81.5 Å². The summed E-state index contributed by atoms with van der Waals surface area (Å²) in [4.78, 5) is 40.5. The largest absolute Gasteiger partial charge is 0.343 e. The molecule has 0 aliphatic carbocycles. The Balaban J connectivity index is 1.42. The van der Waals surface area contributed by atoms with E-state index >= 15 is 0 Å². The van der Waals surface area contributed by atoms with Gasteiger partial charge in [-0.3, -0.25) is 19.3 Å². The van der Waals surface area contributed by atoms with E-state index in [-0.39, 0.29) is 17.4 Å². The first kappa shape index (κ1) is 21.9. The minimum absolute atomic E-state index is 0.0848.